The molecule has 1 unspecified atom stereocenters. The van der Waals surface area contributed by atoms with Gasteiger partial charge < -0.3 is 10.2 Å². The first-order chi connectivity index (χ1) is 12.2. The lowest BCUT2D eigenvalue weighted by Gasteiger charge is -2.19. The van der Waals surface area contributed by atoms with Gasteiger partial charge in [-0.2, -0.15) is 0 Å². The molecule has 0 radical (unpaired) electrons. The van der Waals surface area contributed by atoms with Crippen molar-refractivity contribution in [2.24, 2.45) is 0 Å². The third kappa shape index (κ3) is 6.26. The summed E-state index contributed by atoms with van der Waals surface area (Å²) in [6, 6.07) is 20.5. The van der Waals surface area contributed by atoms with Gasteiger partial charge in [0.1, 0.15) is 0 Å². The van der Waals surface area contributed by atoms with Gasteiger partial charge in [0.25, 0.3) is 0 Å². The van der Waals surface area contributed by atoms with E-state index < -0.39 is 0 Å². The minimum Gasteiger partial charge on any atom is -0.375 e. The fraction of sp³-hybridized carbons (Fsp3) is 0.409. The van der Waals surface area contributed by atoms with E-state index in [1.54, 1.807) is 0 Å². The van der Waals surface area contributed by atoms with Crippen molar-refractivity contribution in [1.29, 1.82) is 0 Å². The number of hydrogen-bond acceptors (Lipinski definition) is 2. The molecule has 0 aliphatic heterocycles. The summed E-state index contributed by atoms with van der Waals surface area (Å²) in [7, 11) is 2.11. The second kappa shape index (κ2) is 10.5. The Morgan fingerprint density at radius 3 is 2.28 bits per heavy atom. The van der Waals surface area contributed by atoms with Crippen molar-refractivity contribution >= 4 is 11.6 Å². The molecule has 0 fully saturated rings. The van der Waals surface area contributed by atoms with Gasteiger partial charge in [-0.1, -0.05) is 61.9 Å². The number of rotatable bonds is 10. The van der Waals surface area contributed by atoms with Crippen molar-refractivity contribution in [2.75, 3.05) is 25.0 Å². The minimum atomic E-state index is -0.0295. The lowest BCUT2D eigenvalue weighted by Crippen LogP contribution is -2.30. The number of para-hydroxylation sites is 1. The molecule has 1 N–H and O–H groups in total. The average molecular weight is 338 g/mol. The Morgan fingerprint density at radius 1 is 1.00 bits per heavy atom. The van der Waals surface area contributed by atoms with Crippen molar-refractivity contribution in [2.45, 2.75) is 38.5 Å². The Bertz CT molecular complexity index is 612. The van der Waals surface area contributed by atoms with Gasteiger partial charge in [-0.05, 0) is 37.0 Å². The van der Waals surface area contributed by atoms with Crippen LogP contribution in [0, 0.1) is 0 Å². The van der Waals surface area contributed by atoms with Crippen molar-refractivity contribution < 1.29 is 4.79 Å². The molecule has 3 heteroatoms. The average Bonchev–Trinajstić information content (AvgIpc) is 2.67. The SMILES string of the molecule is CCCC(C(=O)NCCCCN(C)c1ccccc1)c1ccccc1. The van der Waals surface area contributed by atoms with Crippen LogP contribution in [0.25, 0.3) is 0 Å². The van der Waals surface area contributed by atoms with E-state index in [1.807, 2.05) is 24.3 Å². The van der Waals surface area contributed by atoms with Crippen LogP contribution < -0.4 is 10.2 Å². The summed E-state index contributed by atoms with van der Waals surface area (Å²) in [5.74, 6) is 0.127. The lowest BCUT2D eigenvalue weighted by atomic mass is 9.93. The summed E-state index contributed by atoms with van der Waals surface area (Å²) in [5.41, 5.74) is 2.35. The Balaban J connectivity index is 1.72. The molecule has 1 amide bonds. The molecule has 134 valence electrons. The van der Waals surface area contributed by atoms with Gasteiger partial charge in [0.15, 0.2) is 0 Å². The van der Waals surface area contributed by atoms with Crippen LogP contribution in [-0.4, -0.2) is 26.0 Å². The number of hydrogen-bond donors (Lipinski definition) is 1. The third-order valence-electron chi connectivity index (χ3n) is 4.51. The molecular formula is C22H30N2O. The van der Waals surface area contributed by atoms with E-state index in [-0.39, 0.29) is 11.8 Å². The summed E-state index contributed by atoms with van der Waals surface area (Å²) in [4.78, 5) is 14.8. The smallest absolute Gasteiger partial charge is 0.227 e. The lowest BCUT2D eigenvalue weighted by molar-refractivity contribution is -0.122. The van der Waals surface area contributed by atoms with Gasteiger partial charge in [-0.25, -0.2) is 0 Å². The van der Waals surface area contributed by atoms with Crippen molar-refractivity contribution in [3.8, 4) is 0 Å². The van der Waals surface area contributed by atoms with Crippen LogP contribution in [0.15, 0.2) is 60.7 Å². The van der Waals surface area contributed by atoms with Crippen molar-refractivity contribution in [3.05, 3.63) is 66.2 Å². The maximum Gasteiger partial charge on any atom is 0.227 e. The number of carbonyl (C=O) groups is 1. The minimum absolute atomic E-state index is 0.0295. The molecule has 0 bridgehead atoms. The van der Waals surface area contributed by atoms with Gasteiger partial charge in [0, 0.05) is 25.8 Å². The molecule has 0 spiro atoms. The summed E-state index contributed by atoms with van der Waals surface area (Å²) in [6.45, 7) is 3.87. The Morgan fingerprint density at radius 2 is 1.64 bits per heavy atom. The first kappa shape index (κ1) is 19.0. The standard InChI is InChI=1S/C22H30N2O/c1-3-12-21(19-13-6-4-7-14-19)22(25)23-17-10-11-18-24(2)20-15-8-5-9-16-20/h4-9,13-16,21H,3,10-12,17-18H2,1-2H3,(H,23,25). The van der Waals surface area contributed by atoms with Crippen LogP contribution in [0.3, 0.4) is 0 Å². The number of benzene rings is 2. The van der Waals surface area contributed by atoms with Crippen LogP contribution in [0.4, 0.5) is 5.69 Å². The van der Waals surface area contributed by atoms with Gasteiger partial charge in [0.2, 0.25) is 5.91 Å². The Hall–Kier alpha value is -2.29. The predicted octanol–water partition coefficient (Wildman–Crippen LogP) is 4.60. The van der Waals surface area contributed by atoms with Crippen LogP contribution in [0.2, 0.25) is 0 Å². The predicted molar refractivity (Wildman–Crippen MR) is 106 cm³/mol. The first-order valence-corrected chi connectivity index (χ1v) is 9.31. The molecule has 0 aliphatic carbocycles. The van der Waals surface area contributed by atoms with E-state index in [9.17, 15) is 4.79 Å². The fourth-order valence-electron chi connectivity index (χ4n) is 3.04. The van der Waals surface area contributed by atoms with Gasteiger partial charge in [-0.15, -0.1) is 0 Å². The highest BCUT2D eigenvalue weighted by Gasteiger charge is 2.18. The number of amides is 1. The van der Waals surface area contributed by atoms with Crippen LogP contribution in [0.1, 0.15) is 44.1 Å². The normalized spacial score (nSPS) is 11.8. The van der Waals surface area contributed by atoms with E-state index in [4.69, 9.17) is 0 Å². The second-order valence-corrected chi connectivity index (χ2v) is 6.51. The van der Waals surface area contributed by atoms with Crippen LogP contribution >= 0.6 is 0 Å². The van der Waals surface area contributed by atoms with Crippen molar-refractivity contribution in [1.82, 2.24) is 5.32 Å². The van der Waals surface area contributed by atoms with E-state index in [1.165, 1.54) is 5.69 Å². The van der Waals surface area contributed by atoms with Gasteiger partial charge in [-0.3, -0.25) is 4.79 Å². The highest BCUT2D eigenvalue weighted by molar-refractivity contribution is 5.83. The molecule has 2 rings (SSSR count). The first-order valence-electron chi connectivity index (χ1n) is 9.31. The number of nitrogens with one attached hydrogen (secondary N) is 1. The quantitative estimate of drug-likeness (QED) is 0.642. The monoisotopic (exact) mass is 338 g/mol. The van der Waals surface area contributed by atoms with Gasteiger partial charge in [0.05, 0.1) is 5.92 Å². The maximum atomic E-state index is 12.5. The zero-order chi connectivity index (χ0) is 17.9. The van der Waals surface area contributed by atoms with E-state index in [0.717, 1.165) is 44.3 Å². The molecule has 0 aromatic heterocycles. The molecule has 2 aromatic rings. The Labute approximate surface area is 152 Å². The van der Waals surface area contributed by atoms with Crippen molar-refractivity contribution in [3.63, 3.8) is 0 Å². The fourth-order valence-corrected chi connectivity index (χ4v) is 3.04. The number of anilines is 1. The molecule has 25 heavy (non-hydrogen) atoms. The molecule has 1 atom stereocenters. The number of unbranched alkanes of at least 4 members (excludes halogenated alkanes) is 1. The number of nitrogens with zero attached hydrogens (tertiary/aromatic N) is 1. The third-order valence-corrected chi connectivity index (χ3v) is 4.51. The molecule has 0 aliphatic rings. The largest absolute Gasteiger partial charge is 0.375 e. The van der Waals surface area contributed by atoms with Gasteiger partial charge >= 0.3 is 0 Å². The van der Waals surface area contributed by atoms with E-state index >= 15 is 0 Å². The van der Waals surface area contributed by atoms with Crippen LogP contribution in [0.5, 0.6) is 0 Å². The molecule has 0 saturated carbocycles. The maximum absolute atomic E-state index is 12.5. The summed E-state index contributed by atoms with van der Waals surface area (Å²) < 4.78 is 0. The molecule has 2 aromatic carbocycles. The second-order valence-electron chi connectivity index (χ2n) is 6.51. The molecule has 0 saturated heterocycles. The summed E-state index contributed by atoms with van der Waals surface area (Å²) in [6.07, 6.45) is 3.97. The molecule has 3 nitrogen and oxygen atoms in total. The topological polar surface area (TPSA) is 32.3 Å². The van der Waals surface area contributed by atoms with E-state index in [2.05, 4.69) is 60.6 Å². The highest BCUT2D eigenvalue weighted by Crippen LogP contribution is 2.21. The zero-order valence-electron chi connectivity index (χ0n) is 15.4. The summed E-state index contributed by atoms with van der Waals surface area (Å²) >= 11 is 0. The highest BCUT2D eigenvalue weighted by atomic mass is 16.1. The molecular weight excluding hydrogens is 308 g/mol. The molecule has 0 heterocycles. The van der Waals surface area contributed by atoms with E-state index in [0.29, 0.717) is 0 Å². The summed E-state index contributed by atoms with van der Waals surface area (Å²) in [5, 5.41) is 3.12. The number of carbonyl (C=O) groups excluding carboxylic acids is 1. The Kier molecular flexibility index (Phi) is 8.03. The van der Waals surface area contributed by atoms with Crippen LogP contribution in [-0.2, 0) is 4.79 Å². The zero-order valence-corrected chi connectivity index (χ0v) is 15.4.